The molecule has 0 aromatic heterocycles. The molecule has 0 bridgehead atoms. The Morgan fingerprint density at radius 1 is 0.732 bits per heavy atom. The van der Waals surface area contributed by atoms with Gasteiger partial charge >= 0.3 is 18.0 Å². The van der Waals surface area contributed by atoms with Gasteiger partial charge in [0.15, 0.2) is 11.6 Å². The number of carbonyl (C=O) groups is 5. The van der Waals surface area contributed by atoms with Crippen LogP contribution in [0.3, 0.4) is 0 Å². The van der Waals surface area contributed by atoms with Crippen molar-refractivity contribution in [2.24, 2.45) is 11.8 Å². The summed E-state index contributed by atoms with van der Waals surface area (Å²) in [7, 11) is 1.45. The summed E-state index contributed by atoms with van der Waals surface area (Å²) in [4.78, 5) is 63.6. The number of likely N-dealkylation sites (N-methyl/N-ethyl adjacent to an activating group) is 1. The predicted molar refractivity (Wildman–Crippen MR) is 151 cm³/mol. The molecule has 9 nitrogen and oxygen atoms in total. The van der Waals surface area contributed by atoms with Gasteiger partial charge in [0.05, 0.1) is 23.9 Å². The molecule has 0 saturated heterocycles. The number of carbonyl (C=O) groups excluding carboxylic acids is 5. The van der Waals surface area contributed by atoms with Crippen molar-refractivity contribution in [2.75, 3.05) is 13.6 Å². The number of esters is 2. The standard InChI is InChI=1S/C32H33NO8/c1-20(2)30(36)40-25-14-12-24(13-15-25)29(35)26-16-11-22(17-28(26)41-31(37)21(3)4)19-39-32(38)33(5)18-27(34)23-9-7-6-8-10-23/h6-17,20-21H,18-19H2,1-5H3. The second-order valence-corrected chi connectivity index (χ2v) is 10.0. The van der Waals surface area contributed by atoms with Gasteiger partial charge in [-0.15, -0.1) is 0 Å². The zero-order valence-corrected chi connectivity index (χ0v) is 23.7. The van der Waals surface area contributed by atoms with Crippen LogP contribution in [-0.2, 0) is 20.9 Å². The van der Waals surface area contributed by atoms with Crippen LogP contribution in [0.5, 0.6) is 11.5 Å². The Labute approximate surface area is 239 Å². The minimum absolute atomic E-state index is 0.0187. The van der Waals surface area contributed by atoms with Gasteiger partial charge in [-0.3, -0.25) is 19.2 Å². The van der Waals surface area contributed by atoms with E-state index < -0.39 is 29.7 Å². The van der Waals surface area contributed by atoms with Crippen molar-refractivity contribution >= 4 is 29.6 Å². The zero-order valence-electron chi connectivity index (χ0n) is 23.7. The lowest BCUT2D eigenvalue weighted by molar-refractivity contribution is -0.138. The Balaban J connectivity index is 1.74. The van der Waals surface area contributed by atoms with Gasteiger partial charge in [0, 0.05) is 18.2 Å². The summed E-state index contributed by atoms with van der Waals surface area (Å²) in [6.45, 7) is 6.42. The van der Waals surface area contributed by atoms with Crippen molar-refractivity contribution in [2.45, 2.75) is 34.3 Å². The van der Waals surface area contributed by atoms with Crippen LogP contribution < -0.4 is 9.47 Å². The van der Waals surface area contributed by atoms with Gasteiger partial charge in [0.2, 0.25) is 0 Å². The second-order valence-electron chi connectivity index (χ2n) is 10.0. The predicted octanol–water partition coefficient (Wildman–Crippen LogP) is 5.49. The quantitative estimate of drug-likeness (QED) is 0.172. The molecule has 0 aliphatic rings. The van der Waals surface area contributed by atoms with Crippen LogP contribution in [0.4, 0.5) is 4.79 Å². The Hall–Kier alpha value is -4.79. The molecule has 3 aromatic rings. The third kappa shape index (κ3) is 8.60. The van der Waals surface area contributed by atoms with E-state index in [1.807, 2.05) is 0 Å². The molecule has 0 fully saturated rings. The van der Waals surface area contributed by atoms with Crippen LogP contribution in [0.1, 0.15) is 59.5 Å². The first-order valence-electron chi connectivity index (χ1n) is 13.1. The number of rotatable bonds is 11. The summed E-state index contributed by atoms with van der Waals surface area (Å²) >= 11 is 0. The van der Waals surface area contributed by atoms with E-state index >= 15 is 0 Å². The van der Waals surface area contributed by atoms with E-state index in [1.165, 1.54) is 43.4 Å². The van der Waals surface area contributed by atoms with Crippen LogP contribution in [0.2, 0.25) is 0 Å². The molecular formula is C32H33NO8. The summed E-state index contributed by atoms with van der Waals surface area (Å²) in [6, 6.07) is 19.2. The Bertz CT molecular complexity index is 1410. The molecule has 0 aliphatic carbocycles. The maximum absolute atomic E-state index is 13.3. The van der Waals surface area contributed by atoms with Crippen molar-refractivity contribution in [3.05, 3.63) is 95.1 Å². The van der Waals surface area contributed by atoms with Crippen LogP contribution in [0.15, 0.2) is 72.8 Å². The zero-order chi connectivity index (χ0) is 30.1. The third-order valence-electron chi connectivity index (χ3n) is 5.93. The van der Waals surface area contributed by atoms with E-state index in [9.17, 15) is 24.0 Å². The SMILES string of the molecule is CC(C)C(=O)Oc1ccc(C(=O)c2ccc(COC(=O)N(C)CC(=O)c3ccccc3)cc2OC(=O)C(C)C)cc1. The van der Waals surface area contributed by atoms with Crippen molar-refractivity contribution in [1.29, 1.82) is 0 Å². The van der Waals surface area contributed by atoms with Crippen LogP contribution in [0, 0.1) is 11.8 Å². The molecule has 0 saturated carbocycles. The van der Waals surface area contributed by atoms with Crippen molar-refractivity contribution in [1.82, 2.24) is 4.90 Å². The average Bonchev–Trinajstić information content (AvgIpc) is 2.96. The fraction of sp³-hybridized carbons (Fsp3) is 0.281. The van der Waals surface area contributed by atoms with Gasteiger partial charge in [-0.1, -0.05) is 64.1 Å². The minimum atomic E-state index is -0.714. The molecule has 0 radical (unpaired) electrons. The minimum Gasteiger partial charge on any atom is -0.445 e. The fourth-order valence-corrected chi connectivity index (χ4v) is 3.47. The molecule has 0 aliphatic heterocycles. The lowest BCUT2D eigenvalue weighted by atomic mass is 10.0. The van der Waals surface area contributed by atoms with Gasteiger partial charge in [-0.2, -0.15) is 0 Å². The van der Waals surface area contributed by atoms with Crippen molar-refractivity contribution in [3.63, 3.8) is 0 Å². The molecule has 3 rings (SSSR count). The first-order chi connectivity index (χ1) is 19.5. The van der Waals surface area contributed by atoms with Crippen LogP contribution in [-0.4, -0.2) is 48.1 Å². The van der Waals surface area contributed by atoms with Crippen LogP contribution in [0.25, 0.3) is 0 Å². The molecular weight excluding hydrogens is 526 g/mol. The molecule has 0 unspecified atom stereocenters. The summed E-state index contributed by atoms with van der Waals surface area (Å²) in [5.74, 6) is -2.01. The number of amides is 1. The number of Topliss-reactive ketones (excluding diaryl/α,β-unsaturated/α-hetero) is 1. The maximum Gasteiger partial charge on any atom is 0.410 e. The number of nitrogens with zero attached hydrogens (tertiary/aromatic N) is 1. The molecule has 214 valence electrons. The molecule has 9 heteroatoms. The van der Waals surface area contributed by atoms with Gasteiger partial charge < -0.3 is 19.1 Å². The Kier molecular flexibility index (Phi) is 10.5. The average molecular weight is 560 g/mol. The molecule has 3 aromatic carbocycles. The van der Waals surface area contributed by atoms with E-state index in [0.29, 0.717) is 22.4 Å². The highest BCUT2D eigenvalue weighted by Gasteiger charge is 2.21. The highest BCUT2D eigenvalue weighted by molar-refractivity contribution is 6.11. The van der Waals surface area contributed by atoms with Crippen molar-refractivity contribution < 1.29 is 38.2 Å². The highest BCUT2D eigenvalue weighted by atomic mass is 16.6. The molecule has 0 N–H and O–H groups in total. The first-order valence-corrected chi connectivity index (χ1v) is 13.1. The van der Waals surface area contributed by atoms with E-state index in [0.717, 1.165) is 4.90 Å². The smallest absolute Gasteiger partial charge is 0.410 e. The summed E-state index contributed by atoms with van der Waals surface area (Å²) < 4.78 is 16.1. The molecule has 0 atom stereocenters. The van der Waals surface area contributed by atoms with E-state index in [1.54, 1.807) is 64.1 Å². The fourth-order valence-electron chi connectivity index (χ4n) is 3.47. The number of ketones is 2. The molecule has 41 heavy (non-hydrogen) atoms. The molecule has 1 amide bonds. The number of ether oxygens (including phenoxy) is 3. The first kappa shape index (κ1) is 30.7. The third-order valence-corrected chi connectivity index (χ3v) is 5.93. The number of benzene rings is 3. The summed E-state index contributed by atoms with van der Waals surface area (Å²) in [5.41, 5.74) is 1.38. The molecule has 0 heterocycles. The summed E-state index contributed by atoms with van der Waals surface area (Å²) in [6.07, 6.45) is -0.714. The number of hydrogen-bond acceptors (Lipinski definition) is 8. The van der Waals surface area contributed by atoms with Gasteiger partial charge in [0.25, 0.3) is 0 Å². The number of hydrogen-bond donors (Lipinski definition) is 0. The van der Waals surface area contributed by atoms with E-state index in [-0.39, 0.29) is 36.2 Å². The van der Waals surface area contributed by atoms with E-state index in [2.05, 4.69) is 0 Å². The topological polar surface area (TPSA) is 116 Å². The lowest BCUT2D eigenvalue weighted by Gasteiger charge is -2.17. The van der Waals surface area contributed by atoms with Gasteiger partial charge in [0.1, 0.15) is 18.1 Å². The van der Waals surface area contributed by atoms with Crippen molar-refractivity contribution in [3.8, 4) is 11.5 Å². The Morgan fingerprint density at radius 2 is 1.34 bits per heavy atom. The van der Waals surface area contributed by atoms with Gasteiger partial charge in [-0.25, -0.2) is 4.79 Å². The largest absolute Gasteiger partial charge is 0.445 e. The maximum atomic E-state index is 13.3. The van der Waals surface area contributed by atoms with Gasteiger partial charge in [-0.05, 0) is 42.0 Å². The van der Waals surface area contributed by atoms with E-state index in [4.69, 9.17) is 14.2 Å². The Morgan fingerprint density at radius 3 is 1.95 bits per heavy atom. The highest BCUT2D eigenvalue weighted by Crippen LogP contribution is 2.26. The van der Waals surface area contributed by atoms with Crippen LogP contribution >= 0.6 is 0 Å². The molecule has 0 spiro atoms. The summed E-state index contributed by atoms with van der Waals surface area (Å²) in [5, 5.41) is 0. The second kappa shape index (κ2) is 14.0. The lowest BCUT2D eigenvalue weighted by Crippen LogP contribution is -2.32. The monoisotopic (exact) mass is 559 g/mol. The normalized spacial score (nSPS) is 10.7.